The van der Waals surface area contributed by atoms with E-state index in [4.69, 9.17) is 9.47 Å². The second-order valence-corrected chi connectivity index (χ2v) is 7.74. The molecular formula is C22H28N2O3. The first-order valence-corrected chi connectivity index (χ1v) is 9.72. The normalized spacial score (nSPS) is 28.0. The first-order chi connectivity index (χ1) is 13.1. The van der Waals surface area contributed by atoms with Gasteiger partial charge >= 0.3 is 0 Å². The van der Waals surface area contributed by atoms with Crippen LogP contribution in [0.5, 0.6) is 11.5 Å². The molecule has 1 N–H and O–H groups in total. The minimum Gasteiger partial charge on any atom is -0.497 e. The van der Waals surface area contributed by atoms with Crippen molar-refractivity contribution in [1.29, 1.82) is 0 Å². The lowest BCUT2D eigenvalue weighted by Crippen LogP contribution is -2.58. The monoisotopic (exact) mass is 368 g/mol. The molecule has 2 heterocycles. The highest BCUT2D eigenvalue weighted by Gasteiger charge is 2.52. The molecule has 0 amide bonds. The van der Waals surface area contributed by atoms with E-state index in [1.807, 2.05) is 30.3 Å². The Labute approximate surface area is 160 Å². The maximum absolute atomic E-state index is 11.6. The van der Waals surface area contributed by atoms with Crippen LogP contribution < -0.4 is 9.47 Å². The molecule has 2 aliphatic rings. The zero-order valence-corrected chi connectivity index (χ0v) is 16.1. The van der Waals surface area contributed by atoms with Crippen LogP contribution in [0.3, 0.4) is 0 Å². The fraction of sp³-hybridized carbons (Fsp3) is 0.500. The highest BCUT2D eigenvalue weighted by Crippen LogP contribution is 2.48. The van der Waals surface area contributed by atoms with E-state index in [9.17, 15) is 5.11 Å². The second-order valence-electron chi connectivity index (χ2n) is 7.74. The molecule has 4 rings (SSSR count). The Kier molecular flexibility index (Phi) is 5.06. The van der Waals surface area contributed by atoms with Crippen LogP contribution in [-0.2, 0) is 12.1 Å². The third-order valence-corrected chi connectivity index (χ3v) is 6.27. The van der Waals surface area contributed by atoms with E-state index in [-0.39, 0.29) is 11.8 Å². The first kappa shape index (κ1) is 18.3. The average molecular weight is 368 g/mol. The highest BCUT2D eigenvalue weighted by atomic mass is 16.5. The summed E-state index contributed by atoms with van der Waals surface area (Å²) in [6.45, 7) is 2.57. The van der Waals surface area contributed by atoms with Gasteiger partial charge in [0.25, 0.3) is 0 Å². The molecule has 1 aliphatic carbocycles. The predicted octanol–water partition coefficient (Wildman–Crippen LogP) is 3.22. The molecule has 5 nitrogen and oxygen atoms in total. The third kappa shape index (κ3) is 3.30. The number of likely N-dealkylation sites (tertiary alicyclic amines) is 1. The van der Waals surface area contributed by atoms with Crippen LogP contribution in [0.25, 0.3) is 0 Å². The van der Waals surface area contributed by atoms with Gasteiger partial charge in [-0.15, -0.1) is 0 Å². The van der Waals surface area contributed by atoms with Crippen LogP contribution in [0.2, 0.25) is 0 Å². The van der Waals surface area contributed by atoms with Gasteiger partial charge in [0.15, 0.2) is 0 Å². The van der Waals surface area contributed by atoms with Crippen molar-refractivity contribution >= 4 is 0 Å². The Bertz CT molecular complexity index is 766. The summed E-state index contributed by atoms with van der Waals surface area (Å²) < 4.78 is 10.9. The van der Waals surface area contributed by atoms with Gasteiger partial charge in [-0.3, -0.25) is 9.88 Å². The molecule has 2 atom stereocenters. The summed E-state index contributed by atoms with van der Waals surface area (Å²) in [5.41, 5.74) is 1.18. The Hall–Kier alpha value is -2.11. The summed E-state index contributed by atoms with van der Waals surface area (Å²) in [6.07, 6.45) is 5.06. The largest absolute Gasteiger partial charge is 0.497 e. The lowest BCUT2D eigenvalue weighted by atomic mass is 9.64. The first-order valence-electron chi connectivity index (χ1n) is 9.72. The minimum absolute atomic E-state index is 0.212. The number of ether oxygens (including phenoxy) is 2. The lowest BCUT2D eigenvalue weighted by Gasteiger charge is -2.52. The molecule has 1 aliphatic heterocycles. The summed E-state index contributed by atoms with van der Waals surface area (Å²) >= 11 is 0. The summed E-state index contributed by atoms with van der Waals surface area (Å²) in [6, 6.07) is 11.9. The predicted molar refractivity (Wildman–Crippen MR) is 104 cm³/mol. The fourth-order valence-electron chi connectivity index (χ4n) is 4.91. The van der Waals surface area contributed by atoms with Crippen LogP contribution >= 0.6 is 0 Å². The molecule has 2 fully saturated rings. The molecule has 5 heteroatoms. The van der Waals surface area contributed by atoms with Gasteiger partial charge in [0, 0.05) is 49.3 Å². The number of rotatable bonds is 5. The summed E-state index contributed by atoms with van der Waals surface area (Å²) in [5, 5.41) is 11.6. The number of piperidine rings is 1. The molecule has 0 spiro atoms. The Balaban J connectivity index is 1.56. The quantitative estimate of drug-likeness (QED) is 0.878. The number of aromatic nitrogens is 1. The maximum Gasteiger partial charge on any atom is 0.127 e. The van der Waals surface area contributed by atoms with Gasteiger partial charge in [-0.05, 0) is 31.0 Å². The van der Waals surface area contributed by atoms with Crippen LogP contribution in [0.15, 0.2) is 42.6 Å². The van der Waals surface area contributed by atoms with E-state index in [1.54, 1.807) is 20.4 Å². The van der Waals surface area contributed by atoms with E-state index in [1.165, 1.54) is 6.42 Å². The molecule has 1 aromatic carbocycles. The number of benzene rings is 1. The zero-order valence-electron chi connectivity index (χ0n) is 16.1. The summed E-state index contributed by atoms with van der Waals surface area (Å²) in [5.74, 6) is 2.08. The Morgan fingerprint density at radius 1 is 1.11 bits per heavy atom. The molecule has 0 unspecified atom stereocenters. The molecule has 1 aromatic heterocycles. The van der Waals surface area contributed by atoms with Gasteiger partial charge < -0.3 is 14.6 Å². The molecular weight excluding hydrogens is 340 g/mol. The molecule has 27 heavy (non-hydrogen) atoms. The van der Waals surface area contributed by atoms with Crippen molar-refractivity contribution in [2.45, 2.75) is 31.4 Å². The third-order valence-electron chi connectivity index (χ3n) is 6.27. The van der Waals surface area contributed by atoms with E-state index in [0.29, 0.717) is 0 Å². The van der Waals surface area contributed by atoms with Gasteiger partial charge in [0.05, 0.1) is 19.9 Å². The Morgan fingerprint density at radius 2 is 1.89 bits per heavy atom. The van der Waals surface area contributed by atoms with Crippen molar-refractivity contribution < 1.29 is 14.6 Å². The number of methoxy groups -OCH3 is 2. The summed E-state index contributed by atoms with van der Waals surface area (Å²) in [7, 11) is 3.36. The van der Waals surface area contributed by atoms with Crippen molar-refractivity contribution in [3.63, 3.8) is 0 Å². The maximum atomic E-state index is 11.6. The van der Waals surface area contributed by atoms with Gasteiger partial charge in [0.2, 0.25) is 0 Å². The Morgan fingerprint density at radius 3 is 2.52 bits per heavy atom. The molecule has 1 saturated carbocycles. The van der Waals surface area contributed by atoms with Crippen molar-refractivity contribution in [3.8, 4) is 11.5 Å². The molecule has 144 valence electrons. The fourth-order valence-corrected chi connectivity index (χ4v) is 4.91. The van der Waals surface area contributed by atoms with E-state index in [2.05, 4.69) is 16.0 Å². The number of fused-ring (bicyclic) bond motifs is 2. The van der Waals surface area contributed by atoms with Crippen LogP contribution in [0.1, 0.15) is 30.5 Å². The van der Waals surface area contributed by atoms with Crippen LogP contribution in [-0.4, -0.2) is 42.3 Å². The summed E-state index contributed by atoms with van der Waals surface area (Å²) in [4.78, 5) is 6.96. The molecule has 2 aromatic rings. The highest BCUT2D eigenvalue weighted by molar-refractivity contribution is 5.40. The van der Waals surface area contributed by atoms with E-state index >= 15 is 0 Å². The molecule has 1 saturated heterocycles. The van der Waals surface area contributed by atoms with Crippen LogP contribution in [0, 0.1) is 11.8 Å². The number of nitrogens with zero attached hydrogens (tertiary/aromatic N) is 2. The average Bonchev–Trinajstić information content (AvgIpc) is 2.69. The number of hydrogen-bond acceptors (Lipinski definition) is 5. The number of pyridine rings is 1. The van der Waals surface area contributed by atoms with Gasteiger partial charge in [-0.1, -0.05) is 18.6 Å². The zero-order chi connectivity index (χ0) is 18.9. The van der Waals surface area contributed by atoms with Crippen molar-refractivity contribution in [1.82, 2.24) is 9.88 Å². The van der Waals surface area contributed by atoms with E-state index in [0.717, 1.165) is 55.2 Å². The van der Waals surface area contributed by atoms with Gasteiger partial charge in [0.1, 0.15) is 17.1 Å². The number of aliphatic hydroxyl groups is 1. The smallest absolute Gasteiger partial charge is 0.127 e. The van der Waals surface area contributed by atoms with Gasteiger partial charge in [-0.2, -0.15) is 0 Å². The molecule has 2 bridgehead atoms. The van der Waals surface area contributed by atoms with Crippen molar-refractivity contribution in [2.24, 2.45) is 11.8 Å². The second kappa shape index (κ2) is 7.49. The topological polar surface area (TPSA) is 54.8 Å². The minimum atomic E-state index is -0.806. The van der Waals surface area contributed by atoms with Crippen molar-refractivity contribution in [3.05, 3.63) is 53.9 Å². The standard InChI is InChI=1S/C22H28N2O3/c1-26-19-10-9-16(20(12-19)27-2)13-24-14-17-6-5-7-18(15-24)22(17,25)21-8-3-4-11-23-21/h3-4,8-12,17-18,25H,5-7,13-15H2,1-2H3/t17-,18-/m0/s1. The number of hydrogen-bond donors (Lipinski definition) is 1. The van der Waals surface area contributed by atoms with Gasteiger partial charge in [-0.25, -0.2) is 0 Å². The van der Waals surface area contributed by atoms with E-state index < -0.39 is 5.60 Å². The lowest BCUT2D eigenvalue weighted by molar-refractivity contribution is -0.151. The molecule has 0 radical (unpaired) electrons. The van der Waals surface area contributed by atoms with Crippen molar-refractivity contribution in [2.75, 3.05) is 27.3 Å². The van der Waals surface area contributed by atoms with Crippen LogP contribution in [0.4, 0.5) is 0 Å². The SMILES string of the molecule is COc1ccc(CN2C[C@@H]3CCC[C@@H](C2)C3(O)c2ccccn2)c(OC)c1.